The second-order valence-electron chi connectivity index (χ2n) is 14.7. The number of H-pyrrole nitrogens is 2. The Balaban J connectivity index is 0.968. The van der Waals surface area contributed by atoms with Gasteiger partial charge in [-0.25, -0.2) is 19.6 Å². The first-order valence-electron chi connectivity index (χ1n) is 18.6. The van der Waals surface area contributed by atoms with Crippen molar-refractivity contribution in [2.75, 3.05) is 27.3 Å². The van der Waals surface area contributed by atoms with Crippen molar-refractivity contribution in [1.29, 1.82) is 0 Å². The summed E-state index contributed by atoms with van der Waals surface area (Å²) >= 11 is 0. The largest absolute Gasteiger partial charge is 0.453 e. The number of likely N-dealkylation sites (tertiary alicyclic amines) is 2. The lowest BCUT2D eigenvalue weighted by molar-refractivity contribution is -0.134. The van der Waals surface area contributed by atoms with Crippen LogP contribution in [-0.2, 0) is 19.1 Å². The minimum absolute atomic E-state index is 0.103. The maximum Gasteiger partial charge on any atom is 0.407 e. The number of nitrogens with one attached hydrogen (secondary N) is 4. The first kappa shape index (κ1) is 35.7. The van der Waals surface area contributed by atoms with E-state index in [1.165, 1.54) is 39.9 Å². The molecule has 4 heterocycles. The second kappa shape index (κ2) is 15.8. The molecule has 0 radical (unpaired) electrons. The summed E-state index contributed by atoms with van der Waals surface area (Å²) in [6, 6.07) is -1.52. The lowest BCUT2D eigenvalue weighted by atomic mass is 9.68. The van der Waals surface area contributed by atoms with E-state index in [-0.39, 0.29) is 23.9 Å². The third-order valence-corrected chi connectivity index (χ3v) is 11.8. The number of ether oxygens (including phenoxy) is 2. The quantitative estimate of drug-likeness (QED) is 0.277. The van der Waals surface area contributed by atoms with E-state index in [1.54, 1.807) is 13.8 Å². The van der Waals surface area contributed by atoms with Gasteiger partial charge < -0.3 is 39.9 Å². The monoisotopic (exact) mass is 694 g/mol. The maximum atomic E-state index is 13.1. The average molecular weight is 695 g/mol. The molecule has 0 unspecified atom stereocenters. The molecule has 0 spiro atoms. The molecule has 2 aliphatic carbocycles. The van der Waals surface area contributed by atoms with E-state index in [2.05, 4.69) is 30.1 Å². The summed E-state index contributed by atoms with van der Waals surface area (Å²) in [5.74, 6) is 3.80. The molecular formula is C36H54N8O6. The molecule has 0 aromatic carbocycles. The molecule has 0 bridgehead atoms. The van der Waals surface area contributed by atoms with Crippen LogP contribution in [-0.4, -0.2) is 93.1 Å². The van der Waals surface area contributed by atoms with Crippen molar-refractivity contribution in [3.63, 3.8) is 0 Å². The number of alkyl carbamates (subject to hydrolysis) is 2. The number of methoxy groups -OCH3 is 2. The molecule has 14 nitrogen and oxygen atoms in total. The average Bonchev–Trinajstić information content (AvgIpc) is 3.97. The lowest BCUT2D eigenvalue weighted by Crippen LogP contribution is -2.46. The van der Waals surface area contributed by atoms with E-state index in [0.29, 0.717) is 24.9 Å². The smallest absolute Gasteiger partial charge is 0.407 e. The van der Waals surface area contributed by atoms with Crippen LogP contribution < -0.4 is 10.6 Å². The van der Waals surface area contributed by atoms with Gasteiger partial charge in [-0.15, -0.1) is 0 Å². The summed E-state index contributed by atoms with van der Waals surface area (Å²) in [5.41, 5.74) is 2.21. The molecule has 274 valence electrons. The Morgan fingerprint density at radius 2 is 1.04 bits per heavy atom. The van der Waals surface area contributed by atoms with Crippen molar-refractivity contribution < 1.29 is 28.7 Å². The standard InChI is InChI=1S/C36H54N8O6/c1-21(39-35(47)49-3)33(45)43-17-5-7-29(43)31-37-19-27(41-31)25-13-9-23(10-14-25)24-11-15-26(16-12-24)28-20-38-32(42-28)30-8-6-18-44(30)34(46)22(2)40-36(48)50-4/h19-26,29-30H,5-18H2,1-4H3,(H,37,41)(H,38,42)(H,39,47)(H,40,48)/t21-,22-,23?,24?,25?,26?,29-,30-/m0/s1. The highest BCUT2D eigenvalue weighted by molar-refractivity contribution is 5.86. The predicted octanol–water partition coefficient (Wildman–Crippen LogP) is 5.20. The predicted molar refractivity (Wildman–Crippen MR) is 184 cm³/mol. The van der Waals surface area contributed by atoms with E-state index in [0.717, 1.165) is 86.2 Å². The van der Waals surface area contributed by atoms with Crippen LogP contribution in [0.4, 0.5) is 9.59 Å². The molecule has 2 saturated carbocycles. The Hall–Kier alpha value is -4.10. The number of aromatic amines is 2. The molecule has 2 aliphatic heterocycles. The molecule has 14 heteroatoms. The van der Waals surface area contributed by atoms with Gasteiger partial charge in [0, 0.05) is 37.3 Å². The highest BCUT2D eigenvalue weighted by Crippen LogP contribution is 2.46. The fourth-order valence-corrected chi connectivity index (χ4v) is 8.96. The van der Waals surface area contributed by atoms with Gasteiger partial charge in [0.15, 0.2) is 0 Å². The first-order chi connectivity index (χ1) is 24.2. The SMILES string of the molecule is COC(=O)N[C@@H](C)C(=O)N1CCC[C@H]1c1nc(C2CCC(C3CCC(c4c[nH]c([C@@H]5CCCN5C(=O)[C@H](C)NC(=O)OC)n4)CC3)CC2)c[nH]1. The van der Waals surface area contributed by atoms with Crippen LogP contribution in [0.2, 0.25) is 0 Å². The molecule has 50 heavy (non-hydrogen) atoms. The molecule has 4 atom stereocenters. The van der Waals surface area contributed by atoms with Crippen molar-refractivity contribution in [3.05, 3.63) is 35.4 Å². The van der Waals surface area contributed by atoms with E-state index >= 15 is 0 Å². The van der Waals surface area contributed by atoms with Gasteiger partial charge in [0.1, 0.15) is 23.7 Å². The van der Waals surface area contributed by atoms with E-state index in [4.69, 9.17) is 9.97 Å². The van der Waals surface area contributed by atoms with Gasteiger partial charge in [0.25, 0.3) is 0 Å². The Morgan fingerprint density at radius 1 is 0.660 bits per heavy atom. The summed E-state index contributed by atoms with van der Waals surface area (Å²) in [6.07, 6.45) is 15.8. The maximum absolute atomic E-state index is 13.1. The fraction of sp³-hybridized carbons (Fsp3) is 0.722. The van der Waals surface area contributed by atoms with Gasteiger partial charge in [-0.3, -0.25) is 9.59 Å². The van der Waals surface area contributed by atoms with Crippen molar-refractivity contribution in [3.8, 4) is 0 Å². The summed E-state index contributed by atoms with van der Waals surface area (Å²) in [4.78, 5) is 70.0. The minimum Gasteiger partial charge on any atom is -0.453 e. The number of hydrogen-bond acceptors (Lipinski definition) is 8. The molecule has 6 rings (SSSR count). The van der Waals surface area contributed by atoms with E-state index in [1.807, 2.05) is 22.2 Å². The van der Waals surface area contributed by atoms with Gasteiger partial charge in [-0.05, 0) is 103 Å². The molecular weight excluding hydrogens is 640 g/mol. The zero-order valence-corrected chi connectivity index (χ0v) is 29.9. The van der Waals surface area contributed by atoms with Crippen LogP contribution in [0.15, 0.2) is 12.4 Å². The lowest BCUT2D eigenvalue weighted by Gasteiger charge is -2.37. The topological polar surface area (TPSA) is 175 Å². The Bertz CT molecular complexity index is 1380. The number of hydrogen-bond donors (Lipinski definition) is 4. The van der Waals surface area contributed by atoms with Crippen LogP contribution in [0.5, 0.6) is 0 Å². The summed E-state index contributed by atoms with van der Waals surface area (Å²) in [5, 5.41) is 5.18. The molecule has 2 aromatic rings. The fourth-order valence-electron chi connectivity index (χ4n) is 8.96. The number of carbonyl (C=O) groups is 4. The minimum atomic E-state index is -0.660. The summed E-state index contributed by atoms with van der Waals surface area (Å²) in [6.45, 7) is 4.68. The van der Waals surface area contributed by atoms with Gasteiger partial charge in [0.05, 0.1) is 37.7 Å². The zero-order chi connectivity index (χ0) is 35.4. The Kier molecular flexibility index (Phi) is 11.3. The number of aromatic nitrogens is 4. The highest BCUT2D eigenvalue weighted by Gasteiger charge is 2.38. The van der Waals surface area contributed by atoms with Crippen LogP contribution in [0.3, 0.4) is 0 Å². The van der Waals surface area contributed by atoms with Gasteiger partial charge in [0.2, 0.25) is 11.8 Å². The highest BCUT2D eigenvalue weighted by atomic mass is 16.5. The van der Waals surface area contributed by atoms with Gasteiger partial charge in [-0.2, -0.15) is 0 Å². The number of carbonyl (C=O) groups excluding carboxylic acids is 4. The Labute approximate surface area is 294 Å². The second-order valence-corrected chi connectivity index (χ2v) is 14.7. The molecule has 2 aromatic heterocycles. The summed E-state index contributed by atoms with van der Waals surface area (Å²) in [7, 11) is 2.58. The van der Waals surface area contributed by atoms with E-state index in [9.17, 15) is 19.2 Å². The van der Waals surface area contributed by atoms with Crippen molar-refractivity contribution >= 4 is 24.0 Å². The van der Waals surface area contributed by atoms with Crippen LogP contribution in [0, 0.1) is 11.8 Å². The summed E-state index contributed by atoms with van der Waals surface area (Å²) < 4.78 is 9.32. The van der Waals surface area contributed by atoms with Gasteiger partial charge in [-0.1, -0.05) is 0 Å². The normalized spacial score (nSPS) is 28.2. The van der Waals surface area contributed by atoms with Crippen LogP contribution >= 0.6 is 0 Å². The molecule has 4 fully saturated rings. The van der Waals surface area contributed by atoms with Crippen LogP contribution in [0.25, 0.3) is 0 Å². The number of rotatable bonds is 9. The molecule has 2 saturated heterocycles. The third-order valence-electron chi connectivity index (χ3n) is 11.8. The number of imidazole rings is 2. The molecule has 4 amide bonds. The molecule has 4 N–H and O–H groups in total. The molecule has 4 aliphatic rings. The third kappa shape index (κ3) is 7.78. The van der Waals surface area contributed by atoms with Crippen molar-refractivity contribution in [1.82, 2.24) is 40.4 Å². The van der Waals surface area contributed by atoms with Crippen molar-refractivity contribution in [2.24, 2.45) is 11.8 Å². The van der Waals surface area contributed by atoms with Crippen LogP contribution in [0.1, 0.15) is 138 Å². The number of amides is 4. The first-order valence-corrected chi connectivity index (χ1v) is 18.6. The van der Waals surface area contributed by atoms with E-state index < -0.39 is 24.3 Å². The van der Waals surface area contributed by atoms with Crippen molar-refractivity contribution in [2.45, 2.75) is 127 Å². The number of nitrogens with zero attached hydrogens (tertiary/aromatic N) is 4. The van der Waals surface area contributed by atoms with Gasteiger partial charge >= 0.3 is 12.2 Å². The Morgan fingerprint density at radius 3 is 1.40 bits per heavy atom. The zero-order valence-electron chi connectivity index (χ0n) is 29.9.